The monoisotopic (exact) mass is 467 g/mol. The Hall–Kier alpha value is -3.39. The number of amides is 3. The fourth-order valence-corrected chi connectivity index (χ4v) is 3.38. The summed E-state index contributed by atoms with van der Waals surface area (Å²) in [5.41, 5.74) is 13.7. The molecule has 1 heterocycles. The lowest BCUT2D eigenvalue weighted by atomic mass is 10.2. The Balaban J connectivity index is 1.70. The minimum absolute atomic E-state index is 0.427. The Morgan fingerprint density at radius 3 is 2.40 bits per heavy atom. The number of urea groups is 1. The van der Waals surface area contributed by atoms with Gasteiger partial charge in [0.05, 0.1) is 6.21 Å². The molecule has 0 saturated heterocycles. The number of carbonyl (C=O) groups excluding carboxylic acids is 2. The summed E-state index contributed by atoms with van der Waals surface area (Å²) in [5, 5.41) is 6.79. The van der Waals surface area contributed by atoms with E-state index >= 15 is 0 Å². The Morgan fingerprint density at radius 2 is 1.77 bits per heavy atom. The van der Waals surface area contributed by atoms with Crippen LogP contribution in [0.15, 0.2) is 58.1 Å². The van der Waals surface area contributed by atoms with Crippen LogP contribution in [0.3, 0.4) is 0 Å². The molecule has 2 aromatic carbocycles. The molecule has 154 valence electrons. The fraction of sp³-hybridized carbons (Fsp3) is 0.136. The van der Waals surface area contributed by atoms with Crippen molar-refractivity contribution in [1.82, 2.24) is 9.99 Å². The second kappa shape index (κ2) is 8.96. The van der Waals surface area contributed by atoms with Crippen LogP contribution < -0.4 is 16.5 Å². The molecule has 0 unspecified atom stereocenters. The zero-order chi connectivity index (χ0) is 21.8. The number of primary amides is 1. The van der Waals surface area contributed by atoms with Gasteiger partial charge in [-0.05, 0) is 74.9 Å². The molecule has 3 rings (SSSR count). The highest BCUT2D eigenvalue weighted by Crippen LogP contribution is 2.21. The van der Waals surface area contributed by atoms with Crippen molar-refractivity contribution in [2.75, 3.05) is 5.32 Å². The number of nitrogens with zero attached hydrogens (tertiary/aromatic N) is 2. The third-order valence-electron chi connectivity index (χ3n) is 4.67. The number of hydrogen-bond acceptors (Lipinski definition) is 3. The molecule has 0 spiro atoms. The minimum Gasteiger partial charge on any atom is -0.366 e. The predicted octanol–water partition coefficient (Wildman–Crippen LogP) is 4.42. The quantitative estimate of drug-likeness (QED) is 0.381. The van der Waals surface area contributed by atoms with Gasteiger partial charge in [0, 0.05) is 38.4 Å². The zero-order valence-electron chi connectivity index (χ0n) is 16.9. The Labute approximate surface area is 183 Å². The number of hydrazone groups is 1. The number of anilines is 1. The van der Waals surface area contributed by atoms with Gasteiger partial charge >= 0.3 is 6.03 Å². The molecule has 1 aromatic heterocycles. The van der Waals surface area contributed by atoms with Crippen molar-refractivity contribution in [3.63, 3.8) is 0 Å². The van der Waals surface area contributed by atoms with Crippen LogP contribution in [0.2, 0.25) is 0 Å². The molecule has 30 heavy (non-hydrogen) atoms. The highest BCUT2D eigenvalue weighted by Gasteiger charge is 2.10. The van der Waals surface area contributed by atoms with E-state index in [0.717, 1.165) is 32.7 Å². The van der Waals surface area contributed by atoms with Crippen molar-refractivity contribution in [2.45, 2.75) is 20.8 Å². The third-order valence-corrected chi connectivity index (χ3v) is 5.56. The van der Waals surface area contributed by atoms with Crippen molar-refractivity contribution in [2.24, 2.45) is 10.8 Å². The molecule has 0 aliphatic carbocycles. The predicted molar refractivity (Wildman–Crippen MR) is 122 cm³/mol. The topological polar surface area (TPSA) is 102 Å². The fourth-order valence-electron chi connectivity index (χ4n) is 3.13. The van der Waals surface area contributed by atoms with Gasteiger partial charge in [-0.2, -0.15) is 5.10 Å². The SMILES string of the molecule is Cc1cc(NC(=O)N/N=C/c2cc(C)n(-c3ccc(C(N)=O)cc3)c2C)ccc1Br. The largest absolute Gasteiger partial charge is 0.366 e. The van der Waals surface area contributed by atoms with Crippen LogP contribution in [-0.4, -0.2) is 22.7 Å². The smallest absolute Gasteiger partial charge is 0.339 e. The lowest BCUT2D eigenvalue weighted by molar-refractivity contribution is 0.100. The van der Waals surface area contributed by atoms with Gasteiger partial charge < -0.3 is 15.6 Å². The number of nitrogens with one attached hydrogen (secondary N) is 2. The first-order chi connectivity index (χ1) is 14.3. The van der Waals surface area contributed by atoms with Crippen LogP contribution in [0.4, 0.5) is 10.5 Å². The zero-order valence-corrected chi connectivity index (χ0v) is 18.4. The maximum atomic E-state index is 12.1. The highest BCUT2D eigenvalue weighted by molar-refractivity contribution is 9.10. The molecule has 3 amide bonds. The summed E-state index contributed by atoms with van der Waals surface area (Å²) in [4.78, 5) is 23.3. The van der Waals surface area contributed by atoms with Gasteiger partial charge in [-0.25, -0.2) is 10.2 Å². The molecule has 0 saturated carbocycles. The van der Waals surface area contributed by atoms with Gasteiger partial charge in [0.25, 0.3) is 0 Å². The highest BCUT2D eigenvalue weighted by atomic mass is 79.9. The van der Waals surface area contributed by atoms with Gasteiger partial charge in [0.1, 0.15) is 0 Å². The van der Waals surface area contributed by atoms with Gasteiger partial charge in [0.2, 0.25) is 5.91 Å². The van der Waals surface area contributed by atoms with Crippen LogP contribution >= 0.6 is 15.9 Å². The first-order valence-electron chi connectivity index (χ1n) is 9.21. The average Bonchev–Trinajstić information content (AvgIpc) is 2.98. The van der Waals surface area contributed by atoms with Gasteiger partial charge in [-0.15, -0.1) is 0 Å². The number of rotatable bonds is 5. The van der Waals surface area contributed by atoms with E-state index in [1.54, 1.807) is 24.4 Å². The van der Waals surface area contributed by atoms with Crippen molar-refractivity contribution >= 4 is 39.8 Å². The number of nitrogens with two attached hydrogens (primary N) is 1. The molecule has 0 aliphatic rings. The molecule has 0 aliphatic heterocycles. The molecule has 0 fully saturated rings. The van der Waals surface area contributed by atoms with Crippen molar-refractivity contribution in [1.29, 1.82) is 0 Å². The van der Waals surface area contributed by atoms with E-state index in [4.69, 9.17) is 5.73 Å². The second-order valence-corrected chi connectivity index (χ2v) is 7.72. The molecule has 0 bridgehead atoms. The molecule has 8 heteroatoms. The molecular formula is C22H22BrN5O2. The number of carbonyl (C=O) groups is 2. The van der Waals surface area contributed by atoms with E-state index in [9.17, 15) is 9.59 Å². The van der Waals surface area contributed by atoms with E-state index in [2.05, 4.69) is 31.8 Å². The summed E-state index contributed by atoms with van der Waals surface area (Å²) in [7, 11) is 0. The maximum Gasteiger partial charge on any atom is 0.339 e. The average molecular weight is 468 g/mol. The van der Waals surface area contributed by atoms with Crippen molar-refractivity contribution in [3.05, 3.63) is 81.1 Å². The third kappa shape index (κ3) is 4.77. The van der Waals surface area contributed by atoms with Crippen LogP contribution in [0.1, 0.15) is 32.9 Å². The van der Waals surface area contributed by atoms with Crippen LogP contribution in [-0.2, 0) is 0 Å². The Bertz CT molecular complexity index is 1130. The summed E-state index contributed by atoms with van der Waals surface area (Å²) in [6.45, 7) is 5.88. The van der Waals surface area contributed by atoms with Crippen LogP contribution in [0, 0.1) is 20.8 Å². The van der Waals surface area contributed by atoms with E-state index in [0.29, 0.717) is 11.3 Å². The van der Waals surface area contributed by atoms with Crippen LogP contribution in [0.5, 0.6) is 0 Å². The summed E-state index contributed by atoms with van der Waals surface area (Å²) < 4.78 is 3.02. The van der Waals surface area contributed by atoms with Gasteiger partial charge in [-0.1, -0.05) is 15.9 Å². The normalized spacial score (nSPS) is 10.9. The number of aryl methyl sites for hydroxylation is 2. The van der Waals surface area contributed by atoms with E-state index in [1.807, 2.05) is 55.7 Å². The number of halogens is 1. The molecule has 0 radical (unpaired) electrons. The standard InChI is InChI=1S/C22H22BrN5O2/c1-13-10-18(6-9-20(13)23)26-22(30)27-25-12-17-11-14(2)28(15(17)3)19-7-4-16(5-8-19)21(24)29/h4-12H,1-3H3,(H2,24,29)(H2,26,27,30)/b25-12+. The van der Waals surface area contributed by atoms with Gasteiger partial charge in [-0.3, -0.25) is 4.79 Å². The maximum absolute atomic E-state index is 12.1. The number of aromatic nitrogens is 1. The summed E-state index contributed by atoms with van der Waals surface area (Å²) in [6.07, 6.45) is 1.60. The van der Waals surface area contributed by atoms with Gasteiger partial charge in [0.15, 0.2) is 0 Å². The first-order valence-corrected chi connectivity index (χ1v) is 10.0. The Morgan fingerprint density at radius 1 is 1.07 bits per heavy atom. The Kier molecular flexibility index (Phi) is 6.37. The molecule has 0 atom stereocenters. The lowest BCUT2D eigenvalue weighted by Gasteiger charge is -2.10. The second-order valence-electron chi connectivity index (χ2n) is 6.86. The molecular weight excluding hydrogens is 446 g/mol. The summed E-state index contributed by atoms with van der Waals surface area (Å²) in [6, 6.07) is 14.2. The number of benzene rings is 2. The van der Waals surface area contributed by atoms with E-state index in [-0.39, 0.29) is 0 Å². The summed E-state index contributed by atoms with van der Waals surface area (Å²) in [5.74, 6) is -0.460. The van der Waals surface area contributed by atoms with Crippen LogP contribution in [0.25, 0.3) is 5.69 Å². The van der Waals surface area contributed by atoms with Crippen molar-refractivity contribution in [3.8, 4) is 5.69 Å². The molecule has 4 N–H and O–H groups in total. The van der Waals surface area contributed by atoms with E-state index in [1.165, 1.54) is 0 Å². The number of hydrogen-bond donors (Lipinski definition) is 3. The van der Waals surface area contributed by atoms with Crippen molar-refractivity contribution < 1.29 is 9.59 Å². The molecule has 3 aromatic rings. The summed E-state index contributed by atoms with van der Waals surface area (Å²) >= 11 is 3.43. The molecule has 7 nitrogen and oxygen atoms in total. The first kappa shape index (κ1) is 21.3. The lowest BCUT2D eigenvalue weighted by Crippen LogP contribution is -2.24. The minimum atomic E-state index is -0.460. The van der Waals surface area contributed by atoms with E-state index < -0.39 is 11.9 Å².